The van der Waals surface area contributed by atoms with Crippen LogP contribution in [0.4, 0.5) is 5.95 Å². The van der Waals surface area contributed by atoms with Crippen molar-refractivity contribution in [2.45, 2.75) is 13.0 Å². The van der Waals surface area contributed by atoms with Gasteiger partial charge in [-0.05, 0) is 32.6 Å². The van der Waals surface area contributed by atoms with Crippen LogP contribution in [0.25, 0.3) is 0 Å². The molecular weight excluding hydrogens is 350 g/mol. The Balaban J connectivity index is 1.66. The van der Waals surface area contributed by atoms with Gasteiger partial charge in [-0.2, -0.15) is 0 Å². The van der Waals surface area contributed by atoms with E-state index in [1.807, 2.05) is 6.07 Å². The smallest absolute Gasteiger partial charge is 0.225 e. The van der Waals surface area contributed by atoms with Gasteiger partial charge in [0.05, 0.1) is 12.6 Å². The molecule has 0 bridgehead atoms. The number of aromatic nitrogens is 2. The fraction of sp³-hybridized carbons (Fsp3) is 0.476. The van der Waals surface area contributed by atoms with Gasteiger partial charge in [0.1, 0.15) is 0 Å². The molecule has 7 heteroatoms. The van der Waals surface area contributed by atoms with Gasteiger partial charge in [-0.15, -0.1) is 0 Å². The lowest BCUT2D eigenvalue weighted by Crippen LogP contribution is -2.53. The number of aliphatic imine (C=N–C) groups is 1. The summed E-state index contributed by atoms with van der Waals surface area (Å²) < 4.78 is 0. The second-order valence-electron chi connectivity index (χ2n) is 7.11. The highest BCUT2D eigenvalue weighted by molar-refractivity contribution is 5.80. The van der Waals surface area contributed by atoms with E-state index in [0.29, 0.717) is 0 Å². The third-order valence-electron chi connectivity index (χ3n) is 4.97. The maximum atomic E-state index is 4.97. The number of rotatable bonds is 6. The second-order valence-corrected chi connectivity index (χ2v) is 7.11. The quantitative estimate of drug-likeness (QED) is 0.609. The van der Waals surface area contributed by atoms with Gasteiger partial charge in [-0.25, -0.2) is 9.97 Å². The molecule has 2 heterocycles. The summed E-state index contributed by atoms with van der Waals surface area (Å²) in [7, 11) is 4.22. The molecule has 0 radical (unpaired) electrons. The number of likely N-dealkylation sites (N-methyl/N-ethyl adjacent to an activating group) is 1. The third kappa shape index (κ3) is 5.19. The van der Waals surface area contributed by atoms with Gasteiger partial charge in [-0.3, -0.25) is 4.99 Å². The first-order chi connectivity index (χ1) is 13.7. The van der Waals surface area contributed by atoms with E-state index < -0.39 is 0 Å². The molecule has 2 aromatic rings. The molecule has 1 unspecified atom stereocenters. The Morgan fingerprint density at radius 3 is 2.36 bits per heavy atom. The van der Waals surface area contributed by atoms with Crippen LogP contribution in [0.15, 0.2) is 53.8 Å². The van der Waals surface area contributed by atoms with E-state index in [4.69, 9.17) is 4.99 Å². The second kappa shape index (κ2) is 10.0. The highest BCUT2D eigenvalue weighted by Crippen LogP contribution is 2.18. The van der Waals surface area contributed by atoms with Crippen molar-refractivity contribution in [1.29, 1.82) is 0 Å². The lowest BCUT2D eigenvalue weighted by atomic mass is 10.1. The first kappa shape index (κ1) is 20.1. The third-order valence-corrected chi connectivity index (χ3v) is 4.97. The monoisotopic (exact) mass is 381 g/mol. The normalized spacial score (nSPS) is 16.4. The number of piperazine rings is 1. The van der Waals surface area contributed by atoms with Crippen LogP contribution in [-0.4, -0.2) is 79.1 Å². The lowest BCUT2D eigenvalue weighted by Gasteiger charge is -2.36. The zero-order valence-electron chi connectivity index (χ0n) is 17.1. The molecule has 0 spiro atoms. The molecule has 1 N–H and O–H groups in total. The Kier molecular flexibility index (Phi) is 7.19. The molecular formula is C21H31N7. The molecule has 3 rings (SSSR count). The minimum atomic E-state index is 0.258. The van der Waals surface area contributed by atoms with Crippen molar-refractivity contribution in [1.82, 2.24) is 25.1 Å². The molecule has 0 saturated carbocycles. The van der Waals surface area contributed by atoms with Crippen LogP contribution in [-0.2, 0) is 0 Å². The molecule has 0 amide bonds. The average molecular weight is 382 g/mol. The van der Waals surface area contributed by atoms with Crippen LogP contribution in [0.5, 0.6) is 0 Å². The van der Waals surface area contributed by atoms with Crippen LogP contribution in [0, 0.1) is 0 Å². The van der Waals surface area contributed by atoms with Crippen molar-refractivity contribution in [2.24, 2.45) is 4.99 Å². The highest BCUT2D eigenvalue weighted by Gasteiger charge is 2.22. The van der Waals surface area contributed by atoms with Gasteiger partial charge in [-0.1, -0.05) is 30.3 Å². The maximum absolute atomic E-state index is 4.97. The molecule has 7 nitrogen and oxygen atoms in total. The van der Waals surface area contributed by atoms with E-state index >= 15 is 0 Å². The fourth-order valence-electron chi connectivity index (χ4n) is 3.41. The standard InChI is InChI=1S/C21H31N7/c1-4-22-20(25-17-19(26(2)3)18-9-6-5-7-10-18)27-13-15-28(16-14-27)21-23-11-8-12-24-21/h5-12,19H,4,13-17H2,1-3H3,(H,22,25). The van der Waals surface area contributed by atoms with E-state index in [1.54, 1.807) is 12.4 Å². The number of nitrogens with one attached hydrogen (secondary N) is 1. The lowest BCUT2D eigenvalue weighted by molar-refractivity contribution is 0.303. The van der Waals surface area contributed by atoms with Crippen molar-refractivity contribution in [3.8, 4) is 0 Å². The van der Waals surface area contributed by atoms with E-state index in [2.05, 4.69) is 81.3 Å². The van der Waals surface area contributed by atoms with Crippen molar-refractivity contribution >= 4 is 11.9 Å². The van der Waals surface area contributed by atoms with Crippen LogP contribution < -0.4 is 10.2 Å². The molecule has 1 saturated heterocycles. The summed E-state index contributed by atoms with van der Waals surface area (Å²) in [5.74, 6) is 1.79. The number of anilines is 1. The summed E-state index contributed by atoms with van der Waals surface area (Å²) in [6, 6.07) is 12.7. The largest absolute Gasteiger partial charge is 0.357 e. The number of nitrogens with zero attached hydrogens (tertiary/aromatic N) is 6. The van der Waals surface area contributed by atoms with Gasteiger partial charge in [0.2, 0.25) is 5.95 Å². The van der Waals surface area contributed by atoms with Crippen LogP contribution in [0.3, 0.4) is 0 Å². The van der Waals surface area contributed by atoms with Gasteiger partial charge in [0.15, 0.2) is 5.96 Å². The highest BCUT2D eigenvalue weighted by atomic mass is 15.4. The van der Waals surface area contributed by atoms with Gasteiger partial charge in [0.25, 0.3) is 0 Å². The van der Waals surface area contributed by atoms with Crippen molar-refractivity contribution in [3.63, 3.8) is 0 Å². The van der Waals surface area contributed by atoms with Gasteiger partial charge in [0, 0.05) is 45.1 Å². The van der Waals surface area contributed by atoms with Crippen LogP contribution in [0.2, 0.25) is 0 Å². The Morgan fingerprint density at radius 1 is 1.07 bits per heavy atom. The summed E-state index contributed by atoms with van der Waals surface area (Å²) in [5, 5.41) is 3.46. The van der Waals surface area contributed by atoms with E-state index in [1.165, 1.54) is 5.56 Å². The Hall–Kier alpha value is -2.67. The van der Waals surface area contributed by atoms with E-state index in [0.717, 1.165) is 51.2 Å². The Labute approximate surface area is 168 Å². The molecule has 1 aromatic carbocycles. The molecule has 28 heavy (non-hydrogen) atoms. The Morgan fingerprint density at radius 2 is 1.75 bits per heavy atom. The minimum absolute atomic E-state index is 0.258. The van der Waals surface area contributed by atoms with Gasteiger partial charge < -0.3 is 20.0 Å². The van der Waals surface area contributed by atoms with Crippen molar-refractivity contribution < 1.29 is 0 Å². The minimum Gasteiger partial charge on any atom is -0.357 e. The molecule has 1 fully saturated rings. The zero-order chi connectivity index (χ0) is 19.8. The maximum Gasteiger partial charge on any atom is 0.225 e. The summed E-state index contributed by atoms with van der Waals surface area (Å²) in [4.78, 5) is 20.5. The van der Waals surface area contributed by atoms with Crippen LogP contribution >= 0.6 is 0 Å². The number of hydrogen-bond donors (Lipinski definition) is 1. The molecule has 1 aliphatic rings. The summed E-state index contributed by atoms with van der Waals surface area (Å²) in [6.07, 6.45) is 3.59. The average Bonchev–Trinajstić information content (AvgIpc) is 2.74. The topological polar surface area (TPSA) is 59.9 Å². The number of benzene rings is 1. The SMILES string of the molecule is CCNC(=NCC(c1ccccc1)N(C)C)N1CCN(c2ncccn2)CC1. The molecule has 150 valence electrons. The first-order valence-corrected chi connectivity index (χ1v) is 9.95. The number of hydrogen-bond acceptors (Lipinski definition) is 5. The van der Waals surface area contributed by atoms with Crippen molar-refractivity contribution in [2.75, 3.05) is 58.3 Å². The summed E-state index contributed by atoms with van der Waals surface area (Å²) in [5.41, 5.74) is 1.29. The predicted molar refractivity (Wildman–Crippen MR) is 115 cm³/mol. The molecule has 1 atom stereocenters. The molecule has 0 aliphatic carbocycles. The number of guanidine groups is 1. The Bertz CT molecular complexity index is 725. The van der Waals surface area contributed by atoms with Gasteiger partial charge >= 0.3 is 0 Å². The zero-order valence-corrected chi connectivity index (χ0v) is 17.1. The summed E-state index contributed by atoms with van der Waals surface area (Å²) >= 11 is 0. The van der Waals surface area contributed by atoms with E-state index in [-0.39, 0.29) is 6.04 Å². The first-order valence-electron chi connectivity index (χ1n) is 9.95. The fourth-order valence-corrected chi connectivity index (χ4v) is 3.41. The molecule has 1 aromatic heterocycles. The predicted octanol–water partition coefficient (Wildman–Crippen LogP) is 1.87. The summed E-state index contributed by atoms with van der Waals surface area (Å²) in [6.45, 7) is 7.29. The molecule has 1 aliphatic heterocycles. The van der Waals surface area contributed by atoms with Crippen LogP contribution in [0.1, 0.15) is 18.5 Å². The van der Waals surface area contributed by atoms with E-state index in [9.17, 15) is 0 Å². The van der Waals surface area contributed by atoms with Crippen molar-refractivity contribution in [3.05, 3.63) is 54.4 Å².